The molecule has 18 heavy (non-hydrogen) atoms. The zero-order valence-electron chi connectivity index (χ0n) is 10.3. The maximum atomic E-state index is 15.2. The summed E-state index contributed by atoms with van der Waals surface area (Å²) < 4.78 is 15.2. The largest absolute Gasteiger partial charge is 0.317 e. The van der Waals surface area contributed by atoms with Gasteiger partial charge in [-0.05, 0) is 49.4 Å². The van der Waals surface area contributed by atoms with Crippen molar-refractivity contribution >= 4 is 10.8 Å². The Bertz CT molecular complexity index is 540. The van der Waals surface area contributed by atoms with Gasteiger partial charge >= 0.3 is 0 Å². The quantitative estimate of drug-likeness (QED) is 0.833. The van der Waals surface area contributed by atoms with Gasteiger partial charge in [-0.15, -0.1) is 0 Å². The molecule has 1 aliphatic heterocycles. The smallest absolute Gasteiger partial charge is 0.137 e. The number of hydrogen-bond donors (Lipinski definition) is 1. The number of nitrogens with zero attached hydrogens (tertiary/aromatic N) is 1. The first-order valence-corrected chi connectivity index (χ1v) is 6.52. The lowest BCUT2D eigenvalue weighted by Gasteiger charge is -2.25. The fraction of sp³-hybridized carbons (Fsp3) is 0.400. The van der Waals surface area contributed by atoms with E-state index in [9.17, 15) is 0 Å². The van der Waals surface area contributed by atoms with Crippen molar-refractivity contribution < 1.29 is 4.39 Å². The van der Waals surface area contributed by atoms with E-state index in [1.54, 1.807) is 12.4 Å². The second kappa shape index (κ2) is 4.65. The molecule has 2 heterocycles. The zero-order chi connectivity index (χ0) is 12.4. The minimum absolute atomic E-state index is 0.550. The molecular weight excluding hydrogens is 227 g/mol. The maximum absolute atomic E-state index is 15.2. The number of nitrogens with one attached hydrogen (secondary N) is 1. The Morgan fingerprint density at radius 1 is 1.17 bits per heavy atom. The van der Waals surface area contributed by atoms with Gasteiger partial charge in [0, 0.05) is 17.8 Å². The fourth-order valence-corrected chi connectivity index (χ4v) is 2.81. The molecule has 0 aliphatic carbocycles. The molecule has 1 aliphatic rings. The van der Waals surface area contributed by atoms with E-state index in [1.807, 2.05) is 24.3 Å². The molecule has 3 heteroatoms. The highest BCUT2D eigenvalue weighted by Gasteiger charge is 2.33. The summed E-state index contributed by atoms with van der Waals surface area (Å²) in [5, 5.41) is 5.28. The van der Waals surface area contributed by atoms with Gasteiger partial charge in [0.05, 0.1) is 0 Å². The molecule has 0 amide bonds. The van der Waals surface area contributed by atoms with Crippen LogP contribution in [0.5, 0.6) is 0 Å². The number of aromatic nitrogens is 1. The van der Waals surface area contributed by atoms with Gasteiger partial charge in [0.2, 0.25) is 0 Å². The molecule has 1 saturated heterocycles. The Balaban J connectivity index is 2.12. The molecule has 2 aromatic rings. The summed E-state index contributed by atoms with van der Waals surface area (Å²) in [5.74, 6) is 0. The highest BCUT2D eigenvalue weighted by atomic mass is 19.1. The summed E-state index contributed by atoms with van der Waals surface area (Å²) in [6, 6.07) is 7.76. The maximum Gasteiger partial charge on any atom is 0.137 e. The predicted molar refractivity (Wildman–Crippen MR) is 71.2 cm³/mol. The highest BCUT2D eigenvalue weighted by molar-refractivity contribution is 5.85. The van der Waals surface area contributed by atoms with Gasteiger partial charge in [0.25, 0.3) is 0 Å². The molecular formula is C15H17FN2. The standard InChI is InChI=1S/C15H17FN2/c16-15(6-2-8-17-10-7-15)14-4-1-3-12-11-18-9-5-13(12)14/h1,3-5,9,11,17H,2,6-8,10H2. The van der Waals surface area contributed by atoms with Crippen molar-refractivity contribution in [3.63, 3.8) is 0 Å². The van der Waals surface area contributed by atoms with Gasteiger partial charge in [0.1, 0.15) is 5.67 Å². The molecule has 3 rings (SSSR count). The van der Waals surface area contributed by atoms with Crippen LogP contribution in [0.25, 0.3) is 10.8 Å². The van der Waals surface area contributed by atoms with E-state index < -0.39 is 5.67 Å². The van der Waals surface area contributed by atoms with Crippen LogP contribution in [0.1, 0.15) is 24.8 Å². The van der Waals surface area contributed by atoms with Gasteiger partial charge in [-0.2, -0.15) is 0 Å². The normalized spacial score (nSPS) is 24.9. The first kappa shape index (κ1) is 11.6. The third kappa shape index (κ3) is 1.99. The van der Waals surface area contributed by atoms with E-state index in [1.165, 1.54) is 0 Å². The summed E-state index contributed by atoms with van der Waals surface area (Å²) >= 11 is 0. The summed E-state index contributed by atoms with van der Waals surface area (Å²) in [4.78, 5) is 4.11. The molecule has 1 aromatic carbocycles. The summed E-state index contributed by atoms with van der Waals surface area (Å²) in [6.07, 6.45) is 5.58. The average Bonchev–Trinajstić information content (AvgIpc) is 2.64. The summed E-state index contributed by atoms with van der Waals surface area (Å²) in [7, 11) is 0. The van der Waals surface area contributed by atoms with Crippen LogP contribution in [0.15, 0.2) is 36.7 Å². The Labute approximate surface area is 106 Å². The third-order valence-electron chi connectivity index (χ3n) is 3.79. The molecule has 1 aromatic heterocycles. The number of pyridine rings is 1. The number of alkyl halides is 1. The van der Waals surface area contributed by atoms with Crippen LogP contribution in [0.2, 0.25) is 0 Å². The van der Waals surface area contributed by atoms with Gasteiger partial charge in [0.15, 0.2) is 0 Å². The second-order valence-electron chi connectivity index (χ2n) is 4.97. The van der Waals surface area contributed by atoms with E-state index >= 15 is 4.39 Å². The topological polar surface area (TPSA) is 24.9 Å². The van der Waals surface area contributed by atoms with Crippen LogP contribution in [-0.2, 0) is 5.67 Å². The minimum atomic E-state index is -1.20. The molecule has 1 fully saturated rings. The van der Waals surface area contributed by atoms with Crippen LogP contribution in [0.4, 0.5) is 4.39 Å². The summed E-state index contributed by atoms with van der Waals surface area (Å²) in [5.41, 5.74) is -0.379. The van der Waals surface area contributed by atoms with Crippen molar-refractivity contribution in [3.8, 4) is 0 Å². The Kier molecular flexibility index (Phi) is 3.00. The van der Waals surface area contributed by atoms with E-state index in [-0.39, 0.29) is 0 Å². The van der Waals surface area contributed by atoms with E-state index in [0.29, 0.717) is 12.8 Å². The monoisotopic (exact) mass is 244 g/mol. The molecule has 1 atom stereocenters. The molecule has 0 radical (unpaired) electrons. The Morgan fingerprint density at radius 3 is 3.06 bits per heavy atom. The van der Waals surface area contributed by atoms with Crippen molar-refractivity contribution in [3.05, 3.63) is 42.2 Å². The average molecular weight is 244 g/mol. The van der Waals surface area contributed by atoms with Crippen molar-refractivity contribution in [1.29, 1.82) is 0 Å². The number of halogens is 1. The lowest BCUT2D eigenvalue weighted by atomic mass is 9.86. The molecule has 1 unspecified atom stereocenters. The molecule has 1 N–H and O–H groups in total. The van der Waals surface area contributed by atoms with Crippen LogP contribution in [0.3, 0.4) is 0 Å². The molecule has 0 saturated carbocycles. The van der Waals surface area contributed by atoms with Crippen molar-refractivity contribution in [2.45, 2.75) is 24.9 Å². The van der Waals surface area contributed by atoms with Crippen LogP contribution in [0, 0.1) is 0 Å². The fourth-order valence-electron chi connectivity index (χ4n) is 2.81. The Morgan fingerprint density at radius 2 is 2.11 bits per heavy atom. The number of rotatable bonds is 1. The van der Waals surface area contributed by atoms with Gasteiger partial charge in [-0.3, -0.25) is 4.98 Å². The number of benzene rings is 1. The summed E-state index contributed by atoms with van der Waals surface area (Å²) in [6.45, 7) is 1.66. The molecule has 0 spiro atoms. The molecule has 2 nitrogen and oxygen atoms in total. The van der Waals surface area contributed by atoms with Gasteiger partial charge in [-0.25, -0.2) is 4.39 Å². The van der Waals surface area contributed by atoms with Crippen molar-refractivity contribution in [1.82, 2.24) is 10.3 Å². The highest BCUT2D eigenvalue weighted by Crippen LogP contribution is 2.39. The SMILES string of the molecule is FC1(c2cccc3cnccc23)CCCNCC1. The van der Waals surface area contributed by atoms with Crippen LogP contribution in [-0.4, -0.2) is 18.1 Å². The minimum Gasteiger partial charge on any atom is -0.317 e. The van der Waals surface area contributed by atoms with Crippen molar-refractivity contribution in [2.24, 2.45) is 0 Å². The van der Waals surface area contributed by atoms with Gasteiger partial charge in [-0.1, -0.05) is 18.2 Å². The number of hydrogen-bond acceptors (Lipinski definition) is 2. The van der Waals surface area contributed by atoms with Crippen LogP contribution < -0.4 is 5.32 Å². The lowest BCUT2D eigenvalue weighted by Crippen LogP contribution is -2.22. The predicted octanol–water partition coefficient (Wildman–Crippen LogP) is 3.17. The first-order valence-electron chi connectivity index (χ1n) is 6.52. The lowest BCUT2D eigenvalue weighted by molar-refractivity contribution is 0.147. The van der Waals surface area contributed by atoms with Gasteiger partial charge < -0.3 is 5.32 Å². The Hall–Kier alpha value is -1.48. The van der Waals surface area contributed by atoms with E-state index in [4.69, 9.17) is 0 Å². The second-order valence-corrected chi connectivity index (χ2v) is 4.97. The van der Waals surface area contributed by atoms with E-state index in [0.717, 1.165) is 35.8 Å². The third-order valence-corrected chi connectivity index (χ3v) is 3.79. The van der Waals surface area contributed by atoms with E-state index in [2.05, 4.69) is 10.3 Å². The molecule has 0 bridgehead atoms. The van der Waals surface area contributed by atoms with Crippen molar-refractivity contribution in [2.75, 3.05) is 13.1 Å². The number of fused-ring (bicyclic) bond motifs is 1. The zero-order valence-corrected chi connectivity index (χ0v) is 10.3. The first-order chi connectivity index (χ1) is 8.80. The van der Waals surface area contributed by atoms with Crippen LogP contribution >= 0.6 is 0 Å². The molecule has 94 valence electrons.